The highest BCUT2D eigenvalue weighted by atomic mass is 15.2. The summed E-state index contributed by atoms with van der Waals surface area (Å²) < 4.78 is 0. The van der Waals surface area contributed by atoms with Crippen LogP contribution in [-0.2, 0) is 19.3 Å². The van der Waals surface area contributed by atoms with Crippen molar-refractivity contribution in [3.63, 3.8) is 0 Å². The van der Waals surface area contributed by atoms with E-state index in [0.29, 0.717) is 0 Å². The van der Waals surface area contributed by atoms with Crippen LogP contribution in [0, 0.1) is 0 Å². The van der Waals surface area contributed by atoms with Crippen molar-refractivity contribution in [3.8, 4) is 0 Å². The van der Waals surface area contributed by atoms with Crippen LogP contribution in [0.2, 0.25) is 0 Å². The molecule has 3 N–H and O–H groups in total. The number of anilines is 1. The van der Waals surface area contributed by atoms with Gasteiger partial charge in [0.25, 0.3) is 0 Å². The van der Waals surface area contributed by atoms with E-state index in [9.17, 15) is 0 Å². The Morgan fingerprint density at radius 3 is 2.59 bits per heavy atom. The van der Waals surface area contributed by atoms with E-state index in [4.69, 9.17) is 5.73 Å². The molecular formula is C13H18N4. The molecule has 0 radical (unpaired) electrons. The van der Waals surface area contributed by atoms with E-state index in [1.807, 2.05) is 12.1 Å². The van der Waals surface area contributed by atoms with Crippen LogP contribution in [0.25, 0.3) is 0 Å². The van der Waals surface area contributed by atoms with E-state index >= 15 is 0 Å². The first-order chi connectivity index (χ1) is 8.28. The van der Waals surface area contributed by atoms with Crippen LogP contribution < -0.4 is 5.73 Å². The Balaban J connectivity index is 1.90. The highest BCUT2D eigenvalue weighted by molar-refractivity contribution is 5.39. The van der Waals surface area contributed by atoms with E-state index in [2.05, 4.69) is 34.2 Å². The monoisotopic (exact) mass is 230 g/mol. The average molecular weight is 230 g/mol. The zero-order chi connectivity index (χ0) is 12.1. The summed E-state index contributed by atoms with van der Waals surface area (Å²) in [5, 5.41) is 7.18. The van der Waals surface area contributed by atoms with Gasteiger partial charge in [0.05, 0.1) is 0 Å². The number of nitrogens with zero attached hydrogens (tertiary/aromatic N) is 2. The van der Waals surface area contributed by atoms with E-state index in [0.717, 1.165) is 43.0 Å². The number of aryl methyl sites for hydroxylation is 3. The number of nitrogens with one attached hydrogen (secondary N) is 1. The first-order valence-corrected chi connectivity index (χ1v) is 6.02. The van der Waals surface area contributed by atoms with Gasteiger partial charge in [0.1, 0.15) is 5.82 Å². The Hall–Kier alpha value is -1.84. The van der Waals surface area contributed by atoms with Crippen molar-refractivity contribution >= 4 is 5.69 Å². The number of aromatic amines is 1. The van der Waals surface area contributed by atoms with Crippen LogP contribution in [0.5, 0.6) is 0 Å². The molecule has 0 aliphatic carbocycles. The van der Waals surface area contributed by atoms with Crippen LogP contribution in [0.15, 0.2) is 24.3 Å². The molecule has 1 heterocycles. The summed E-state index contributed by atoms with van der Waals surface area (Å²) >= 11 is 0. The minimum atomic E-state index is 0.803. The lowest BCUT2D eigenvalue weighted by Gasteiger charge is -1.99. The minimum absolute atomic E-state index is 0.803. The number of rotatable bonds is 5. The standard InChI is InChI=1S/C13H18N4/c1-2-3-12-15-13(17-16-12)9-6-10-4-7-11(14)8-5-10/h4-5,7-8H,2-3,6,9,14H2,1H3,(H,15,16,17). The van der Waals surface area contributed by atoms with Crippen molar-refractivity contribution in [1.82, 2.24) is 15.2 Å². The molecule has 4 heteroatoms. The highest BCUT2D eigenvalue weighted by Crippen LogP contribution is 2.08. The average Bonchev–Trinajstić information content (AvgIpc) is 2.77. The predicted octanol–water partition coefficient (Wildman–Crippen LogP) is 2.12. The Morgan fingerprint density at radius 1 is 1.12 bits per heavy atom. The molecule has 90 valence electrons. The van der Waals surface area contributed by atoms with Crippen LogP contribution in [0.4, 0.5) is 5.69 Å². The van der Waals surface area contributed by atoms with Gasteiger partial charge >= 0.3 is 0 Å². The van der Waals surface area contributed by atoms with Crippen LogP contribution in [-0.4, -0.2) is 15.2 Å². The third-order valence-corrected chi connectivity index (χ3v) is 2.68. The predicted molar refractivity (Wildman–Crippen MR) is 68.6 cm³/mol. The topological polar surface area (TPSA) is 67.6 Å². The normalized spacial score (nSPS) is 10.6. The van der Waals surface area contributed by atoms with Gasteiger partial charge in [-0.3, -0.25) is 5.10 Å². The second-order valence-electron chi connectivity index (χ2n) is 4.19. The molecule has 0 saturated carbocycles. The molecule has 0 fully saturated rings. The number of nitrogens with two attached hydrogens (primary N) is 1. The van der Waals surface area contributed by atoms with Gasteiger partial charge in [-0.15, -0.1) is 0 Å². The molecule has 0 bridgehead atoms. The highest BCUT2D eigenvalue weighted by Gasteiger charge is 2.02. The van der Waals surface area contributed by atoms with Gasteiger partial charge in [-0.05, 0) is 30.5 Å². The molecule has 0 amide bonds. The molecule has 0 unspecified atom stereocenters. The van der Waals surface area contributed by atoms with Gasteiger partial charge in [0.2, 0.25) is 0 Å². The molecule has 0 saturated heterocycles. The van der Waals surface area contributed by atoms with E-state index in [1.54, 1.807) is 0 Å². The zero-order valence-corrected chi connectivity index (χ0v) is 10.1. The van der Waals surface area contributed by atoms with Crippen molar-refractivity contribution in [2.45, 2.75) is 32.6 Å². The van der Waals surface area contributed by atoms with E-state index < -0.39 is 0 Å². The minimum Gasteiger partial charge on any atom is -0.399 e. The second kappa shape index (κ2) is 5.48. The smallest absolute Gasteiger partial charge is 0.151 e. The number of nitrogen functional groups attached to an aromatic ring is 1. The maximum Gasteiger partial charge on any atom is 0.151 e. The molecule has 0 aliphatic rings. The molecule has 1 aromatic heterocycles. The molecule has 4 nitrogen and oxygen atoms in total. The lowest BCUT2D eigenvalue weighted by molar-refractivity contribution is 0.840. The van der Waals surface area contributed by atoms with Crippen molar-refractivity contribution in [2.75, 3.05) is 5.73 Å². The Morgan fingerprint density at radius 2 is 1.88 bits per heavy atom. The van der Waals surface area contributed by atoms with Gasteiger partial charge in [0, 0.05) is 18.5 Å². The summed E-state index contributed by atoms with van der Waals surface area (Å²) in [4.78, 5) is 4.44. The summed E-state index contributed by atoms with van der Waals surface area (Å²) in [6.45, 7) is 2.14. The van der Waals surface area contributed by atoms with Crippen LogP contribution in [0.1, 0.15) is 30.6 Å². The third kappa shape index (κ3) is 3.31. The lowest BCUT2D eigenvalue weighted by atomic mass is 10.1. The second-order valence-corrected chi connectivity index (χ2v) is 4.19. The molecule has 2 aromatic rings. The fourth-order valence-corrected chi connectivity index (χ4v) is 1.74. The molecule has 0 aliphatic heterocycles. The van der Waals surface area contributed by atoms with E-state index in [1.165, 1.54) is 5.56 Å². The number of aromatic nitrogens is 3. The largest absolute Gasteiger partial charge is 0.399 e. The maximum atomic E-state index is 5.64. The number of H-pyrrole nitrogens is 1. The molecule has 17 heavy (non-hydrogen) atoms. The Bertz CT molecular complexity index is 459. The molecule has 1 aromatic carbocycles. The summed E-state index contributed by atoms with van der Waals surface area (Å²) in [5.41, 5.74) is 7.71. The zero-order valence-electron chi connectivity index (χ0n) is 10.1. The van der Waals surface area contributed by atoms with Crippen molar-refractivity contribution in [2.24, 2.45) is 0 Å². The van der Waals surface area contributed by atoms with E-state index in [-0.39, 0.29) is 0 Å². The van der Waals surface area contributed by atoms with Crippen LogP contribution >= 0.6 is 0 Å². The van der Waals surface area contributed by atoms with Gasteiger partial charge in [0.15, 0.2) is 5.82 Å². The van der Waals surface area contributed by atoms with Crippen LogP contribution in [0.3, 0.4) is 0 Å². The fraction of sp³-hybridized carbons (Fsp3) is 0.385. The molecule has 0 atom stereocenters. The lowest BCUT2D eigenvalue weighted by Crippen LogP contribution is -1.94. The molecule has 2 rings (SSSR count). The Kier molecular flexibility index (Phi) is 3.75. The first kappa shape index (κ1) is 11.6. The molecule has 0 spiro atoms. The number of hydrogen-bond donors (Lipinski definition) is 2. The van der Waals surface area contributed by atoms with Crippen molar-refractivity contribution < 1.29 is 0 Å². The maximum absolute atomic E-state index is 5.64. The fourth-order valence-electron chi connectivity index (χ4n) is 1.74. The quantitative estimate of drug-likeness (QED) is 0.773. The summed E-state index contributed by atoms with van der Waals surface area (Å²) in [5.74, 6) is 1.88. The summed E-state index contributed by atoms with van der Waals surface area (Å²) in [7, 11) is 0. The molecular weight excluding hydrogens is 212 g/mol. The third-order valence-electron chi connectivity index (χ3n) is 2.68. The van der Waals surface area contributed by atoms with Crippen molar-refractivity contribution in [1.29, 1.82) is 0 Å². The van der Waals surface area contributed by atoms with Gasteiger partial charge < -0.3 is 5.73 Å². The van der Waals surface area contributed by atoms with Gasteiger partial charge in [-0.2, -0.15) is 5.10 Å². The van der Waals surface area contributed by atoms with Gasteiger partial charge in [-0.1, -0.05) is 19.1 Å². The van der Waals surface area contributed by atoms with Crippen molar-refractivity contribution in [3.05, 3.63) is 41.5 Å². The number of hydrogen-bond acceptors (Lipinski definition) is 3. The number of benzene rings is 1. The summed E-state index contributed by atoms with van der Waals surface area (Å²) in [6.07, 6.45) is 3.87. The first-order valence-electron chi connectivity index (χ1n) is 6.02. The summed E-state index contributed by atoms with van der Waals surface area (Å²) in [6, 6.07) is 7.95. The SMILES string of the molecule is CCCc1nc(CCc2ccc(N)cc2)n[nH]1. The van der Waals surface area contributed by atoms with Gasteiger partial charge in [-0.25, -0.2) is 4.98 Å². The Labute approximate surface area is 101 Å².